The average Bonchev–Trinajstić information content (AvgIpc) is 3.12. The van der Waals surface area contributed by atoms with Crippen LogP contribution in [0.2, 0.25) is 0 Å². The third-order valence-electron chi connectivity index (χ3n) is 5.88. The number of piperazine rings is 1. The van der Waals surface area contributed by atoms with E-state index in [4.69, 9.17) is 0 Å². The van der Waals surface area contributed by atoms with E-state index in [-0.39, 0.29) is 30.6 Å². The molecule has 160 valence electrons. The minimum atomic E-state index is -4.74. The summed E-state index contributed by atoms with van der Waals surface area (Å²) in [7, 11) is 0. The van der Waals surface area contributed by atoms with Crippen molar-refractivity contribution in [2.45, 2.75) is 32.4 Å². The smallest absolute Gasteiger partial charge is 0.339 e. The van der Waals surface area contributed by atoms with E-state index in [1.165, 1.54) is 17.0 Å². The SMILES string of the molecule is Cc1ccc(-n2ncc(C(=O)N3CCN(C(=O)C4CCC4)CC3)c2C(F)(F)F)cc1. The molecule has 30 heavy (non-hydrogen) atoms. The molecule has 1 saturated carbocycles. The van der Waals surface area contributed by atoms with E-state index in [0.717, 1.165) is 35.7 Å². The van der Waals surface area contributed by atoms with Crippen molar-refractivity contribution in [2.75, 3.05) is 26.2 Å². The van der Waals surface area contributed by atoms with Crippen molar-refractivity contribution < 1.29 is 22.8 Å². The first-order valence-electron chi connectivity index (χ1n) is 10.1. The van der Waals surface area contributed by atoms with Crippen LogP contribution in [0.5, 0.6) is 0 Å². The lowest BCUT2D eigenvalue weighted by atomic mass is 9.84. The van der Waals surface area contributed by atoms with Crippen molar-refractivity contribution in [3.8, 4) is 5.69 Å². The van der Waals surface area contributed by atoms with Crippen LogP contribution in [0.4, 0.5) is 13.2 Å². The first kappa shape index (κ1) is 20.4. The Bertz CT molecular complexity index is 940. The minimum Gasteiger partial charge on any atom is -0.339 e. The van der Waals surface area contributed by atoms with Gasteiger partial charge in [-0.3, -0.25) is 9.59 Å². The Labute approximate surface area is 172 Å². The van der Waals surface area contributed by atoms with E-state index in [1.807, 2.05) is 6.92 Å². The molecular formula is C21H23F3N4O2. The number of amides is 2. The highest BCUT2D eigenvalue weighted by Crippen LogP contribution is 2.34. The van der Waals surface area contributed by atoms with Gasteiger partial charge in [0, 0.05) is 32.1 Å². The fourth-order valence-electron chi connectivity index (χ4n) is 3.87. The minimum absolute atomic E-state index is 0.0665. The molecule has 0 bridgehead atoms. The molecule has 6 nitrogen and oxygen atoms in total. The van der Waals surface area contributed by atoms with Crippen LogP contribution >= 0.6 is 0 Å². The standard InChI is InChI=1S/C21H23F3N4O2/c1-14-5-7-16(8-6-14)28-18(21(22,23)24)17(13-25-28)20(30)27-11-9-26(10-12-27)19(29)15-3-2-4-15/h5-8,13,15H,2-4,9-12H2,1H3. The lowest BCUT2D eigenvalue weighted by molar-refractivity contribution is -0.143. The zero-order valence-electron chi connectivity index (χ0n) is 16.7. The lowest BCUT2D eigenvalue weighted by Gasteiger charge is -2.38. The molecule has 9 heteroatoms. The Morgan fingerprint density at radius 1 is 1.00 bits per heavy atom. The van der Waals surface area contributed by atoms with E-state index in [9.17, 15) is 22.8 Å². The van der Waals surface area contributed by atoms with Crippen molar-refractivity contribution in [3.05, 3.63) is 47.3 Å². The summed E-state index contributed by atoms with van der Waals surface area (Å²) in [5.41, 5.74) is -0.404. The van der Waals surface area contributed by atoms with Crippen LogP contribution in [0.1, 0.15) is 40.9 Å². The summed E-state index contributed by atoms with van der Waals surface area (Å²) in [6.45, 7) is 2.94. The fourth-order valence-corrected chi connectivity index (χ4v) is 3.87. The van der Waals surface area contributed by atoms with E-state index in [2.05, 4.69) is 5.10 Å². The van der Waals surface area contributed by atoms with Gasteiger partial charge in [0.1, 0.15) is 0 Å². The zero-order chi connectivity index (χ0) is 21.5. The van der Waals surface area contributed by atoms with Crippen LogP contribution in [0.3, 0.4) is 0 Å². The third kappa shape index (κ3) is 3.80. The maximum absolute atomic E-state index is 13.9. The molecule has 1 aromatic carbocycles. The second-order valence-corrected chi connectivity index (χ2v) is 7.90. The highest BCUT2D eigenvalue weighted by atomic mass is 19.4. The average molecular weight is 420 g/mol. The number of alkyl halides is 3. The van der Waals surface area contributed by atoms with Gasteiger partial charge in [-0.15, -0.1) is 0 Å². The zero-order valence-corrected chi connectivity index (χ0v) is 16.7. The van der Waals surface area contributed by atoms with Crippen LogP contribution in [-0.2, 0) is 11.0 Å². The summed E-state index contributed by atoms with van der Waals surface area (Å²) < 4.78 is 42.3. The molecule has 0 N–H and O–H groups in total. The van der Waals surface area contributed by atoms with E-state index in [0.29, 0.717) is 13.1 Å². The van der Waals surface area contributed by atoms with Gasteiger partial charge in [-0.1, -0.05) is 24.1 Å². The highest BCUT2D eigenvalue weighted by Gasteiger charge is 2.42. The van der Waals surface area contributed by atoms with E-state index in [1.54, 1.807) is 17.0 Å². The quantitative estimate of drug-likeness (QED) is 0.766. The Morgan fingerprint density at radius 2 is 1.60 bits per heavy atom. The Hall–Kier alpha value is -2.84. The van der Waals surface area contributed by atoms with Crippen molar-refractivity contribution in [1.29, 1.82) is 0 Å². The number of carbonyl (C=O) groups excluding carboxylic acids is 2. The number of hydrogen-bond acceptors (Lipinski definition) is 3. The number of hydrogen-bond donors (Lipinski definition) is 0. The molecule has 0 radical (unpaired) electrons. The van der Waals surface area contributed by atoms with Crippen LogP contribution in [0, 0.1) is 12.8 Å². The second kappa shape index (κ2) is 7.77. The van der Waals surface area contributed by atoms with Crippen LogP contribution in [0.15, 0.2) is 30.5 Å². The molecule has 2 aliphatic rings. The molecule has 0 unspecified atom stereocenters. The van der Waals surface area contributed by atoms with Gasteiger partial charge in [-0.2, -0.15) is 18.3 Å². The molecule has 1 aliphatic heterocycles. The summed E-state index contributed by atoms with van der Waals surface area (Å²) in [5, 5.41) is 3.87. The number of nitrogens with zero attached hydrogens (tertiary/aromatic N) is 4. The predicted molar refractivity (Wildman–Crippen MR) is 103 cm³/mol. The van der Waals surface area contributed by atoms with Crippen LogP contribution < -0.4 is 0 Å². The number of aryl methyl sites for hydroxylation is 1. The normalized spacial score (nSPS) is 17.7. The molecule has 2 fully saturated rings. The maximum Gasteiger partial charge on any atom is 0.434 e. The monoisotopic (exact) mass is 420 g/mol. The summed E-state index contributed by atoms with van der Waals surface area (Å²) in [6.07, 6.45) is -0.915. The predicted octanol–water partition coefficient (Wildman–Crippen LogP) is 3.28. The molecule has 2 amide bonds. The Kier molecular flexibility index (Phi) is 5.29. The number of benzene rings is 1. The van der Waals surface area contributed by atoms with Gasteiger partial charge in [-0.05, 0) is 31.9 Å². The number of aromatic nitrogens is 2. The summed E-state index contributed by atoms with van der Waals surface area (Å²) >= 11 is 0. The fraction of sp³-hybridized carbons (Fsp3) is 0.476. The molecule has 1 aliphatic carbocycles. The van der Waals surface area contributed by atoms with E-state index < -0.39 is 23.3 Å². The largest absolute Gasteiger partial charge is 0.434 e. The Balaban J connectivity index is 1.54. The topological polar surface area (TPSA) is 58.4 Å². The summed E-state index contributed by atoms with van der Waals surface area (Å²) in [4.78, 5) is 28.4. The second-order valence-electron chi connectivity index (χ2n) is 7.90. The molecule has 1 aromatic heterocycles. The van der Waals surface area contributed by atoms with Crippen LogP contribution in [0.25, 0.3) is 5.69 Å². The summed E-state index contributed by atoms with van der Waals surface area (Å²) in [6, 6.07) is 6.46. The Morgan fingerprint density at radius 3 is 2.13 bits per heavy atom. The highest BCUT2D eigenvalue weighted by molar-refractivity contribution is 5.95. The molecule has 0 spiro atoms. The van der Waals surface area contributed by atoms with Gasteiger partial charge in [0.2, 0.25) is 5.91 Å². The van der Waals surface area contributed by atoms with Gasteiger partial charge in [0.25, 0.3) is 5.91 Å². The van der Waals surface area contributed by atoms with Gasteiger partial charge < -0.3 is 9.80 Å². The molecule has 2 heterocycles. The van der Waals surface area contributed by atoms with Crippen LogP contribution in [-0.4, -0.2) is 57.6 Å². The van der Waals surface area contributed by atoms with E-state index >= 15 is 0 Å². The van der Waals surface area contributed by atoms with Gasteiger partial charge >= 0.3 is 6.18 Å². The van der Waals surface area contributed by atoms with Crippen molar-refractivity contribution in [2.24, 2.45) is 5.92 Å². The molecule has 1 saturated heterocycles. The third-order valence-corrected chi connectivity index (χ3v) is 5.88. The van der Waals surface area contributed by atoms with Gasteiger partial charge in [0.15, 0.2) is 5.69 Å². The maximum atomic E-state index is 13.9. The molecular weight excluding hydrogens is 397 g/mol. The first-order chi connectivity index (χ1) is 14.3. The number of halogens is 3. The van der Waals surface area contributed by atoms with Crippen molar-refractivity contribution in [3.63, 3.8) is 0 Å². The molecule has 0 atom stereocenters. The first-order valence-corrected chi connectivity index (χ1v) is 10.1. The van der Waals surface area contributed by atoms with Gasteiger partial charge in [-0.25, -0.2) is 4.68 Å². The number of rotatable bonds is 3. The van der Waals surface area contributed by atoms with Crippen molar-refractivity contribution >= 4 is 11.8 Å². The van der Waals surface area contributed by atoms with Gasteiger partial charge in [0.05, 0.1) is 17.4 Å². The lowest BCUT2D eigenvalue weighted by Crippen LogP contribution is -2.52. The molecule has 2 aromatic rings. The van der Waals surface area contributed by atoms with Crippen molar-refractivity contribution in [1.82, 2.24) is 19.6 Å². The molecule has 4 rings (SSSR count). The summed E-state index contributed by atoms with van der Waals surface area (Å²) in [5.74, 6) is -0.551. The number of carbonyl (C=O) groups is 2.